The van der Waals surface area contributed by atoms with Crippen LogP contribution in [0, 0.1) is 0 Å². The highest BCUT2D eigenvalue weighted by Gasteiger charge is 2.49. The summed E-state index contributed by atoms with van der Waals surface area (Å²) in [5, 5.41) is 10.9. The van der Waals surface area contributed by atoms with Crippen LogP contribution in [0.25, 0.3) is 0 Å². The lowest BCUT2D eigenvalue weighted by molar-refractivity contribution is -0.335. The molecule has 3 aromatic carbocycles. The summed E-state index contributed by atoms with van der Waals surface area (Å²) in [5.74, 6) is -1.09. The Balaban J connectivity index is 1.60. The van der Waals surface area contributed by atoms with Crippen molar-refractivity contribution >= 4 is 11.6 Å². The van der Waals surface area contributed by atoms with Gasteiger partial charge in [-0.25, -0.2) is 0 Å². The van der Waals surface area contributed by atoms with Crippen molar-refractivity contribution in [3.05, 3.63) is 107 Å². The van der Waals surface area contributed by atoms with Crippen LogP contribution in [0.3, 0.4) is 0 Å². The Labute approximate surface area is 199 Å². The van der Waals surface area contributed by atoms with Gasteiger partial charge in [-0.05, 0) is 23.3 Å². The van der Waals surface area contributed by atoms with E-state index < -0.39 is 18.0 Å². The number of halogens is 1. The first kappa shape index (κ1) is 23.9. The maximum absolute atomic E-state index is 10.2. The van der Waals surface area contributed by atoms with Gasteiger partial charge in [0.1, 0.15) is 12.2 Å². The van der Waals surface area contributed by atoms with Crippen LogP contribution in [0.5, 0.6) is 0 Å². The summed E-state index contributed by atoms with van der Waals surface area (Å²) in [7, 11) is 1.60. The van der Waals surface area contributed by atoms with Crippen molar-refractivity contribution < 1.29 is 24.1 Å². The Morgan fingerprint density at radius 3 is 2.00 bits per heavy atom. The third kappa shape index (κ3) is 5.82. The van der Waals surface area contributed by atoms with Gasteiger partial charge in [-0.15, -0.1) is 0 Å². The zero-order valence-corrected chi connectivity index (χ0v) is 19.4. The molecule has 174 valence electrons. The number of hydrogen-bond donors (Lipinski definition) is 1. The predicted octanol–water partition coefficient (Wildman–Crippen LogP) is 5.09. The van der Waals surface area contributed by atoms with Crippen molar-refractivity contribution in [2.24, 2.45) is 0 Å². The molecule has 1 heterocycles. The maximum Gasteiger partial charge on any atom is 0.197 e. The summed E-state index contributed by atoms with van der Waals surface area (Å²) in [5.41, 5.74) is 2.90. The summed E-state index contributed by atoms with van der Waals surface area (Å²) >= 11 is 6.10. The molecular formula is C27H29ClO5. The Kier molecular flexibility index (Phi) is 8.15. The van der Waals surface area contributed by atoms with Gasteiger partial charge in [0.25, 0.3) is 0 Å². The van der Waals surface area contributed by atoms with Gasteiger partial charge in [0, 0.05) is 24.1 Å². The summed E-state index contributed by atoms with van der Waals surface area (Å²) in [4.78, 5) is 0. The lowest BCUT2D eigenvalue weighted by atomic mass is 9.90. The molecule has 0 unspecified atom stereocenters. The molecule has 0 radical (unpaired) electrons. The Morgan fingerprint density at radius 1 is 0.879 bits per heavy atom. The molecule has 5 nitrogen and oxygen atoms in total. The number of hydrogen-bond acceptors (Lipinski definition) is 5. The summed E-state index contributed by atoms with van der Waals surface area (Å²) in [6.07, 6.45) is -1.10. The lowest BCUT2D eigenvalue weighted by Crippen LogP contribution is -2.56. The van der Waals surface area contributed by atoms with Crippen LogP contribution in [0.15, 0.2) is 84.9 Å². The van der Waals surface area contributed by atoms with Gasteiger partial charge in [-0.1, -0.05) is 84.4 Å². The van der Waals surface area contributed by atoms with E-state index in [0.29, 0.717) is 24.7 Å². The van der Waals surface area contributed by atoms with Gasteiger partial charge >= 0.3 is 0 Å². The zero-order valence-electron chi connectivity index (χ0n) is 18.6. The molecule has 1 N–H and O–H groups in total. The molecule has 6 heteroatoms. The number of rotatable bonds is 9. The molecule has 4 atom stereocenters. The predicted molar refractivity (Wildman–Crippen MR) is 127 cm³/mol. The van der Waals surface area contributed by atoms with Crippen molar-refractivity contribution in [3.63, 3.8) is 0 Å². The molecular weight excluding hydrogens is 440 g/mol. The average Bonchev–Trinajstić information content (AvgIpc) is 2.87. The van der Waals surface area contributed by atoms with E-state index in [-0.39, 0.29) is 12.7 Å². The summed E-state index contributed by atoms with van der Waals surface area (Å²) in [6.45, 7) is 0.566. The second-order valence-electron chi connectivity index (χ2n) is 8.10. The lowest BCUT2D eigenvalue weighted by Gasteiger charge is -2.47. The van der Waals surface area contributed by atoms with E-state index in [2.05, 4.69) is 0 Å². The SMILES string of the molecule is CO[C@]1(c2ccc(Cl)cc2)C[C@@H](OCc2ccccc2)[C@H](OCc2ccccc2)[C@@H](CO)O1. The molecule has 0 aromatic heterocycles. The first-order valence-corrected chi connectivity index (χ1v) is 11.4. The van der Waals surface area contributed by atoms with E-state index in [1.54, 1.807) is 19.2 Å². The molecule has 0 saturated carbocycles. The third-order valence-corrected chi connectivity index (χ3v) is 6.18. The standard InChI is InChI=1S/C27H29ClO5/c1-30-27(22-12-14-23(28)15-13-22)16-24(31-18-20-8-4-2-5-9-20)26(25(17-29)33-27)32-19-21-10-6-3-7-11-21/h2-15,24-26,29H,16-19H2,1H3/t24-,25-,26+,27-/m1/s1. The fourth-order valence-corrected chi connectivity index (χ4v) is 4.30. The molecule has 1 saturated heterocycles. The molecule has 0 amide bonds. The van der Waals surface area contributed by atoms with Crippen LogP contribution in [0.1, 0.15) is 23.1 Å². The monoisotopic (exact) mass is 468 g/mol. The Bertz CT molecular complexity index is 982. The van der Waals surface area contributed by atoms with Crippen LogP contribution < -0.4 is 0 Å². The van der Waals surface area contributed by atoms with Gasteiger partial charge in [0.05, 0.1) is 25.9 Å². The van der Waals surface area contributed by atoms with Crippen LogP contribution >= 0.6 is 11.6 Å². The maximum atomic E-state index is 10.2. The van der Waals surface area contributed by atoms with Crippen LogP contribution in [0.4, 0.5) is 0 Å². The van der Waals surface area contributed by atoms with E-state index in [0.717, 1.165) is 16.7 Å². The number of ether oxygens (including phenoxy) is 4. The molecule has 0 bridgehead atoms. The molecule has 0 aliphatic carbocycles. The Morgan fingerprint density at radius 2 is 1.45 bits per heavy atom. The quantitative estimate of drug-likeness (QED) is 0.474. The van der Waals surface area contributed by atoms with E-state index in [4.69, 9.17) is 30.5 Å². The first-order valence-electron chi connectivity index (χ1n) is 11.0. The van der Waals surface area contributed by atoms with Crippen molar-refractivity contribution in [2.75, 3.05) is 13.7 Å². The molecule has 4 rings (SSSR count). The topological polar surface area (TPSA) is 57.2 Å². The number of aliphatic hydroxyl groups is 1. The summed E-state index contributed by atoms with van der Waals surface area (Å²) < 4.78 is 24.9. The Hall–Kier alpha value is -2.25. The van der Waals surface area contributed by atoms with Crippen molar-refractivity contribution in [2.45, 2.75) is 43.7 Å². The minimum absolute atomic E-state index is 0.233. The fourth-order valence-electron chi connectivity index (χ4n) is 4.17. The fraction of sp³-hybridized carbons (Fsp3) is 0.333. The van der Waals surface area contributed by atoms with Gasteiger partial charge in [0.15, 0.2) is 5.79 Å². The number of benzene rings is 3. The van der Waals surface area contributed by atoms with Crippen molar-refractivity contribution in [1.29, 1.82) is 0 Å². The van der Waals surface area contributed by atoms with E-state index in [1.165, 1.54) is 0 Å². The van der Waals surface area contributed by atoms with Crippen LogP contribution in [-0.2, 0) is 37.9 Å². The van der Waals surface area contributed by atoms with Crippen molar-refractivity contribution in [3.8, 4) is 0 Å². The average molecular weight is 469 g/mol. The zero-order chi connectivity index (χ0) is 23.1. The smallest absolute Gasteiger partial charge is 0.197 e. The van der Waals surface area contributed by atoms with Gasteiger partial charge in [-0.3, -0.25) is 0 Å². The molecule has 1 aliphatic heterocycles. The van der Waals surface area contributed by atoms with Crippen molar-refractivity contribution in [1.82, 2.24) is 0 Å². The molecule has 1 aliphatic rings. The normalized spacial score (nSPS) is 25.1. The largest absolute Gasteiger partial charge is 0.394 e. The number of methoxy groups -OCH3 is 1. The summed E-state index contributed by atoms with van der Waals surface area (Å²) in [6, 6.07) is 27.2. The van der Waals surface area contributed by atoms with Crippen LogP contribution in [-0.4, -0.2) is 37.1 Å². The molecule has 33 heavy (non-hydrogen) atoms. The minimum atomic E-state index is -1.09. The second-order valence-corrected chi connectivity index (χ2v) is 8.54. The minimum Gasteiger partial charge on any atom is -0.394 e. The molecule has 1 fully saturated rings. The first-order chi connectivity index (χ1) is 16.1. The highest BCUT2D eigenvalue weighted by Crippen LogP contribution is 2.41. The number of aliphatic hydroxyl groups excluding tert-OH is 1. The second kappa shape index (κ2) is 11.3. The molecule has 3 aromatic rings. The van der Waals surface area contributed by atoms with E-state index >= 15 is 0 Å². The van der Waals surface area contributed by atoms with Gasteiger partial charge in [-0.2, -0.15) is 0 Å². The third-order valence-electron chi connectivity index (χ3n) is 5.93. The highest BCUT2D eigenvalue weighted by molar-refractivity contribution is 6.30. The van der Waals surface area contributed by atoms with Gasteiger partial charge < -0.3 is 24.1 Å². The van der Waals surface area contributed by atoms with E-state index in [9.17, 15) is 5.11 Å². The van der Waals surface area contributed by atoms with E-state index in [1.807, 2.05) is 72.8 Å². The highest BCUT2D eigenvalue weighted by atomic mass is 35.5. The molecule has 0 spiro atoms. The van der Waals surface area contributed by atoms with Crippen LogP contribution in [0.2, 0.25) is 5.02 Å². The van der Waals surface area contributed by atoms with Gasteiger partial charge in [0.2, 0.25) is 0 Å².